The van der Waals surface area contributed by atoms with Crippen molar-refractivity contribution in [3.8, 4) is 0 Å². The molecule has 0 saturated heterocycles. The van der Waals surface area contributed by atoms with Crippen molar-refractivity contribution in [1.29, 1.82) is 0 Å². The van der Waals surface area contributed by atoms with E-state index in [1.165, 1.54) is 13.0 Å². The molecule has 112 valence electrons. The van der Waals surface area contributed by atoms with E-state index in [0.29, 0.717) is 0 Å². The number of aromatic nitrogens is 1. The molecular formula is C11H7BrClFN2O3S2. The van der Waals surface area contributed by atoms with E-state index >= 15 is 0 Å². The zero-order chi connectivity index (χ0) is 15.8. The predicted molar refractivity (Wildman–Crippen MR) is 81.9 cm³/mol. The fourth-order valence-electron chi connectivity index (χ4n) is 1.50. The first kappa shape index (κ1) is 16.3. The Kier molecular flexibility index (Phi) is 4.66. The Morgan fingerprint density at radius 3 is 2.67 bits per heavy atom. The smallest absolute Gasteiger partial charge is 0.272 e. The Hall–Kier alpha value is -1.03. The monoisotopic (exact) mass is 412 g/mol. The third-order valence-corrected chi connectivity index (χ3v) is 6.28. The van der Waals surface area contributed by atoms with Crippen LogP contribution in [0.3, 0.4) is 0 Å². The number of carbonyl (C=O) groups excluding carboxylic acids is 1. The number of anilines is 1. The molecule has 2 rings (SSSR count). The minimum atomic E-state index is -3.91. The fourth-order valence-corrected chi connectivity index (χ4v) is 4.38. The van der Waals surface area contributed by atoms with Gasteiger partial charge in [-0.15, -0.1) is 0 Å². The standard InChI is InChI=1S/C11H7BrClFN2O3S2/c1-5-10(21(13,18)19)20-11(15-5)16-9(17)7-3-2-6(14)4-8(7)12/h2-4H,1H3,(H,15,16,17). The average molecular weight is 414 g/mol. The van der Waals surface area contributed by atoms with E-state index in [4.69, 9.17) is 10.7 Å². The summed E-state index contributed by atoms with van der Waals surface area (Å²) in [6, 6.07) is 3.59. The number of amides is 1. The number of rotatable bonds is 3. The number of hydrogen-bond acceptors (Lipinski definition) is 5. The van der Waals surface area contributed by atoms with Gasteiger partial charge in [0.05, 0.1) is 11.3 Å². The zero-order valence-corrected chi connectivity index (χ0v) is 14.3. The highest BCUT2D eigenvalue weighted by Crippen LogP contribution is 2.30. The second kappa shape index (κ2) is 5.99. The van der Waals surface area contributed by atoms with Gasteiger partial charge in [0, 0.05) is 15.2 Å². The molecule has 21 heavy (non-hydrogen) atoms. The van der Waals surface area contributed by atoms with Crippen molar-refractivity contribution in [2.24, 2.45) is 0 Å². The normalized spacial score (nSPS) is 11.4. The molecule has 0 saturated carbocycles. The van der Waals surface area contributed by atoms with Crippen LogP contribution in [0.15, 0.2) is 26.9 Å². The molecule has 5 nitrogen and oxygen atoms in total. The van der Waals surface area contributed by atoms with Gasteiger partial charge in [-0.3, -0.25) is 10.1 Å². The molecule has 0 bridgehead atoms. The SMILES string of the molecule is Cc1nc(NC(=O)c2ccc(F)cc2Br)sc1S(=O)(=O)Cl. The van der Waals surface area contributed by atoms with E-state index in [-0.39, 0.29) is 25.1 Å². The maximum atomic E-state index is 13.0. The van der Waals surface area contributed by atoms with Crippen molar-refractivity contribution in [3.63, 3.8) is 0 Å². The Morgan fingerprint density at radius 2 is 2.14 bits per heavy atom. The molecule has 0 aliphatic carbocycles. The first-order valence-corrected chi connectivity index (χ1v) is 9.29. The van der Waals surface area contributed by atoms with E-state index in [1.54, 1.807) is 0 Å². The van der Waals surface area contributed by atoms with Gasteiger partial charge in [0.2, 0.25) is 0 Å². The van der Waals surface area contributed by atoms with Crippen LogP contribution in [-0.2, 0) is 9.05 Å². The Morgan fingerprint density at radius 1 is 1.48 bits per heavy atom. The maximum Gasteiger partial charge on any atom is 0.272 e. The van der Waals surface area contributed by atoms with E-state index in [9.17, 15) is 17.6 Å². The summed E-state index contributed by atoms with van der Waals surface area (Å²) in [6.45, 7) is 1.47. The largest absolute Gasteiger partial charge is 0.298 e. The number of nitrogens with zero attached hydrogens (tertiary/aromatic N) is 1. The lowest BCUT2D eigenvalue weighted by molar-refractivity contribution is 0.102. The minimum absolute atomic E-state index is 0.0907. The van der Waals surface area contributed by atoms with Crippen LogP contribution in [0.1, 0.15) is 16.1 Å². The quantitative estimate of drug-likeness (QED) is 0.781. The van der Waals surface area contributed by atoms with Gasteiger partial charge in [-0.2, -0.15) is 0 Å². The predicted octanol–water partition coefficient (Wildman–Crippen LogP) is 3.53. The lowest BCUT2D eigenvalue weighted by Gasteiger charge is -2.04. The highest BCUT2D eigenvalue weighted by atomic mass is 79.9. The van der Waals surface area contributed by atoms with Crippen LogP contribution in [0.4, 0.5) is 9.52 Å². The van der Waals surface area contributed by atoms with Crippen LogP contribution >= 0.6 is 37.9 Å². The molecule has 10 heteroatoms. The summed E-state index contributed by atoms with van der Waals surface area (Å²) < 4.78 is 35.7. The van der Waals surface area contributed by atoms with Crippen LogP contribution in [-0.4, -0.2) is 19.3 Å². The van der Waals surface area contributed by atoms with Gasteiger partial charge >= 0.3 is 0 Å². The van der Waals surface area contributed by atoms with Crippen LogP contribution in [0.5, 0.6) is 0 Å². The molecule has 0 fully saturated rings. The van der Waals surface area contributed by atoms with Crippen LogP contribution in [0.25, 0.3) is 0 Å². The molecule has 0 atom stereocenters. The highest BCUT2D eigenvalue weighted by molar-refractivity contribution is 9.10. The van der Waals surface area contributed by atoms with Gasteiger partial charge in [0.25, 0.3) is 15.0 Å². The number of aryl methyl sites for hydroxylation is 1. The average Bonchev–Trinajstić information content (AvgIpc) is 2.69. The second-order valence-corrected chi connectivity index (χ2v) is 8.52. The van der Waals surface area contributed by atoms with Gasteiger partial charge < -0.3 is 0 Å². The van der Waals surface area contributed by atoms with Crippen molar-refractivity contribution >= 4 is 58.0 Å². The molecule has 0 radical (unpaired) electrons. The summed E-state index contributed by atoms with van der Waals surface area (Å²) in [5.41, 5.74) is 0.392. The first-order valence-electron chi connectivity index (χ1n) is 5.37. The van der Waals surface area contributed by atoms with E-state index in [1.807, 2.05) is 0 Å². The van der Waals surface area contributed by atoms with Gasteiger partial charge in [0.1, 0.15) is 5.82 Å². The van der Waals surface area contributed by atoms with E-state index < -0.39 is 20.8 Å². The Labute approximate surface area is 136 Å². The Bertz CT molecular complexity index is 823. The summed E-state index contributed by atoms with van der Waals surface area (Å²) in [5, 5.41) is 2.54. The number of halogens is 3. The Balaban J connectivity index is 2.28. The topological polar surface area (TPSA) is 76.1 Å². The van der Waals surface area contributed by atoms with Crippen molar-refractivity contribution in [2.75, 3.05) is 5.32 Å². The third-order valence-electron chi connectivity index (χ3n) is 2.37. The molecule has 0 aliphatic heterocycles. The summed E-state index contributed by atoms with van der Waals surface area (Å²) in [7, 11) is 1.35. The molecule has 1 aromatic carbocycles. The first-order chi connectivity index (χ1) is 9.68. The maximum absolute atomic E-state index is 13.0. The lowest BCUT2D eigenvalue weighted by Crippen LogP contribution is -2.12. The molecule has 1 heterocycles. The number of hydrogen-bond donors (Lipinski definition) is 1. The molecule has 0 unspecified atom stereocenters. The van der Waals surface area contributed by atoms with E-state index in [0.717, 1.165) is 23.5 Å². The summed E-state index contributed by atoms with van der Waals surface area (Å²) in [6.07, 6.45) is 0. The van der Waals surface area contributed by atoms with Crippen molar-refractivity contribution < 1.29 is 17.6 Å². The van der Waals surface area contributed by atoms with Crippen LogP contribution < -0.4 is 5.32 Å². The number of carbonyl (C=O) groups is 1. The molecule has 2 aromatic rings. The molecular weight excluding hydrogens is 407 g/mol. The molecule has 0 spiro atoms. The lowest BCUT2D eigenvalue weighted by atomic mass is 10.2. The molecule has 1 N–H and O–H groups in total. The van der Waals surface area contributed by atoms with Crippen molar-refractivity contribution in [2.45, 2.75) is 11.1 Å². The molecule has 1 amide bonds. The van der Waals surface area contributed by atoms with Crippen LogP contribution in [0.2, 0.25) is 0 Å². The molecule has 0 aliphatic rings. The zero-order valence-electron chi connectivity index (χ0n) is 10.4. The second-order valence-electron chi connectivity index (χ2n) is 3.91. The summed E-state index contributed by atoms with van der Waals surface area (Å²) >= 11 is 3.82. The molecule has 1 aromatic heterocycles. The third kappa shape index (κ3) is 3.79. The summed E-state index contributed by atoms with van der Waals surface area (Å²) in [4.78, 5) is 16.0. The van der Waals surface area contributed by atoms with Crippen molar-refractivity contribution in [3.05, 3.63) is 39.7 Å². The van der Waals surface area contributed by atoms with Gasteiger partial charge in [-0.05, 0) is 41.1 Å². The summed E-state index contributed by atoms with van der Waals surface area (Å²) in [5.74, 6) is -1.03. The van der Waals surface area contributed by atoms with Crippen molar-refractivity contribution in [1.82, 2.24) is 4.98 Å². The van der Waals surface area contributed by atoms with Gasteiger partial charge in [-0.1, -0.05) is 11.3 Å². The minimum Gasteiger partial charge on any atom is -0.298 e. The number of thiazole rings is 1. The van der Waals surface area contributed by atoms with Crippen LogP contribution in [0, 0.1) is 12.7 Å². The van der Waals surface area contributed by atoms with Gasteiger partial charge in [0.15, 0.2) is 9.34 Å². The number of benzene rings is 1. The van der Waals surface area contributed by atoms with E-state index in [2.05, 4.69) is 26.2 Å². The van der Waals surface area contributed by atoms with Gasteiger partial charge in [-0.25, -0.2) is 17.8 Å². The highest BCUT2D eigenvalue weighted by Gasteiger charge is 2.21. The number of nitrogens with one attached hydrogen (secondary N) is 1. The fraction of sp³-hybridized carbons (Fsp3) is 0.0909.